The topological polar surface area (TPSA) is 97.4 Å². The van der Waals surface area contributed by atoms with Crippen molar-refractivity contribution in [3.63, 3.8) is 0 Å². The summed E-state index contributed by atoms with van der Waals surface area (Å²) in [5, 5.41) is 13.8. The Morgan fingerprint density at radius 3 is 2.53 bits per heavy atom. The summed E-state index contributed by atoms with van der Waals surface area (Å²) in [5.74, 6) is -1.27. The molecule has 168 valence electrons. The number of carboxylic acid groups (broad SMARTS) is 1. The number of aliphatic carboxylic acids is 1. The van der Waals surface area contributed by atoms with E-state index >= 15 is 0 Å². The van der Waals surface area contributed by atoms with Crippen LogP contribution in [0.1, 0.15) is 5.56 Å². The van der Waals surface area contributed by atoms with Gasteiger partial charge in [-0.3, -0.25) is 4.79 Å². The number of hydrogen-bond acceptors (Lipinski definition) is 5. The van der Waals surface area contributed by atoms with Gasteiger partial charge in [-0.1, -0.05) is 48.5 Å². The average Bonchev–Trinajstić information content (AvgIpc) is 3.40. The molecule has 3 aromatic carbocycles. The van der Waals surface area contributed by atoms with Crippen molar-refractivity contribution in [1.29, 1.82) is 0 Å². The van der Waals surface area contributed by atoms with E-state index in [0.717, 1.165) is 22.7 Å². The third kappa shape index (κ3) is 4.57. The van der Waals surface area contributed by atoms with Gasteiger partial charge in [-0.05, 0) is 48.2 Å². The second kappa shape index (κ2) is 9.29. The van der Waals surface area contributed by atoms with E-state index in [1.54, 1.807) is 24.4 Å². The number of hydrogen-bond donors (Lipinski definition) is 2. The van der Waals surface area contributed by atoms with Crippen molar-refractivity contribution in [2.75, 3.05) is 5.32 Å². The smallest absolute Gasteiger partial charge is 0.342 e. The number of carbonyl (C=O) groups is 2. The molecule has 2 N–H and O–H groups in total. The van der Waals surface area contributed by atoms with Gasteiger partial charge in [-0.25, -0.2) is 9.78 Å². The standard InChI is InChI=1S/C26H19N3O4S/c30-24(27-18-8-2-1-3-9-18)16-29-15-17(19-10-4-6-12-21(19)29)14-23(25(31)32)34-26-28-20-11-5-7-13-22(20)33-26/h1-15H,16H2,(H,27,30)(H,31,32)/b23-14-. The molecule has 0 radical (unpaired) electrons. The molecule has 0 spiro atoms. The van der Waals surface area contributed by atoms with Crippen LogP contribution in [0.15, 0.2) is 99.6 Å². The van der Waals surface area contributed by atoms with Crippen molar-refractivity contribution in [3.8, 4) is 0 Å². The number of amides is 1. The van der Waals surface area contributed by atoms with Gasteiger partial charge in [0.25, 0.3) is 5.22 Å². The lowest BCUT2D eigenvalue weighted by atomic mass is 10.1. The van der Waals surface area contributed by atoms with Gasteiger partial charge in [-0.15, -0.1) is 0 Å². The highest BCUT2D eigenvalue weighted by Gasteiger charge is 2.17. The predicted octanol–water partition coefficient (Wildman–Crippen LogP) is 5.64. The van der Waals surface area contributed by atoms with E-state index < -0.39 is 5.97 Å². The summed E-state index contributed by atoms with van der Waals surface area (Å²) >= 11 is 0.946. The summed E-state index contributed by atoms with van der Waals surface area (Å²) in [5.41, 5.74) is 3.48. The molecule has 0 unspecified atom stereocenters. The summed E-state index contributed by atoms with van der Waals surface area (Å²) in [7, 11) is 0. The van der Waals surface area contributed by atoms with Crippen LogP contribution in [0.2, 0.25) is 0 Å². The molecule has 2 heterocycles. The van der Waals surface area contributed by atoms with Crippen LogP contribution < -0.4 is 5.32 Å². The Hall–Kier alpha value is -4.30. The third-order valence-electron chi connectivity index (χ3n) is 5.16. The highest BCUT2D eigenvalue weighted by atomic mass is 32.2. The fourth-order valence-corrected chi connectivity index (χ4v) is 4.40. The van der Waals surface area contributed by atoms with Gasteiger partial charge in [0.15, 0.2) is 5.58 Å². The second-order valence-electron chi connectivity index (χ2n) is 7.51. The number of carbonyl (C=O) groups excluding carboxylic acids is 1. The molecule has 2 aromatic heterocycles. The zero-order valence-electron chi connectivity index (χ0n) is 17.8. The van der Waals surface area contributed by atoms with E-state index in [1.165, 1.54) is 0 Å². The number of carboxylic acids is 1. The van der Waals surface area contributed by atoms with Crippen LogP contribution >= 0.6 is 11.8 Å². The molecule has 8 heteroatoms. The maximum atomic E-state index is 12.6. The van der Waals surface area contributed by atoms with E-state index in [0.29, 0.717) is 22.4 Å². The molecule has 5 rings (SSSR count). The van der Waals surface area contributed by atoms with Gasteiger partial charge in [0.05, 0.1) is 0 Å². The van der Waals surface area contributed by atoms with Crippen LogP contribution in [0.5, 0.6) is 0 Å². The molecule has 0 aliphatic rings. The molecule has 0 aliphatic heterocycles. The Morgan fingerprint density at radius 1 is 1.00 bits per heavy atom. The van der Waals surface area contributed by atoms with Crippen LogP contribution in [-0.4, -0.2) is 26.5 Å². The number of nitrogens with one attached hydrogen (secondary N) is 1. The van der Waals surface area contributed by atoms with Crippen molar-refractivity contribution >= 4 is 57.4 Å². The minimum atomic E-state index is -1.09. The van der Waals surface area contributed by atoms with E-state index in [1.807, 2.05) is 71.3 Å². The monoisotopic (exact) mass is 469 g/mol. The fourth-order valence-electron chi connectivity index (χ4n) is 3.66. The Labute approximate surface area is 198 Å². The summed E-state index contributed by atoms with van der Waals surface area (Å²) in [6, 6.07) is 24.1. The van der Waals surface area contributed by atoms with Crippen molar-refractivity contribution in [2.24, 2.45) is 0 Å². The zero-order chi connectivity index (χ0) is 23.5. The molecule has 0 saturated heterocycles. The lowest BCUT2D eigenvalue weighted by molar-refractivity contribution is -0.131. The third-order valence-corrected chi connectivity index (χ3v) is 6.02. The summed E-state index contributed by atoms with van der Waals surface area (Å²) in [6.07, 6.45) is 3.36. The Bertz CT molecular complexity index is 1500. The Balaban J connectivity index is 1.45. The predicted molar refractivity (Wildman–Crippen MR) is 132 cm³/mol. The number of nitrogens with zero attached hydrogens (tertiary/aromatic N) is 2. The van der Waals surface area contributed by atoms with E-state index in [-0.39, 0.29) is 22.6 Å². The Morgan fingerprint density at radius 2 is 1.74 bits per heavy atom. The lowest BCUT2D eigenvalue weighted by Crippen LogP contribution is -2.18. The quantitative estimate of drug-likeness (QED) is 0.237. The molecule has 7 nitrogen and oxygen atoms in total. The summed E-state index contributed by atoms with van der Waals surface area (Å²) in [4.78, 5) is 29.1. The van der Waals surface area contributed by atoms with Crippen LogP contribution in [0.25, 0.3) is 28.1 Å². The van der Waals surface area contributed by atoms with Gasteiger partial charge in [0, 0.05) is 28.4 Å². The van der Waals surface area contributed by atoms with Gasteiger partial charge in [-0.2, -0.15) is 0 Å². The minimum Gasteiger partial charge on any atom is -0.477 e. The van der Waals surface area contributed by atoms with Crippen molar-refractivity contribution in [3.05, 3.63) is 95.5 Å². The first kappa shape index (κ1) is 21.5. The average molecular weight is 470 g/mol. The van der Waals surface area contributed by atoms with Crippen molar-refractivity contribution in [1.82, 2.24) is 9.55 Å². The molecule has 0 aliphatic carbocycles. The highest BCUT2D eigenvalue weighted by Crippen LogP contribution is 2.32. The summed E-state index contributed by atoms with van der Waals surface area (Å²) < 4.78 is 7.49. The zero-order valence-corrected chi connectivity index (χ0v) is 18.7. The van der Waals surface area contributed by atoms with Gasteiger partial charge in [0.2, 0.25) is 5.91 Å². The number of rotatable bonds is 7. The highest BCUT2D eigenvalue weighted by molar-refractivity contribution is 8.03. The molecule has 0 saturated carbocycles. The molecular weight excluding hydrogens is 450 g/mol. The minimum absolute atomic E-state index is 0.0585. The number of benzene rings is 3. The first-order valence-corrected chi connectivity index (χ1v) is 11.3. The van der Waals surface area contributed by atoms with Crippen LogP contribution in [-0.2, 0) is 16.1 Å². The first-order valence-electron chi connectivity index (χ1n) is 10.5. The van der Waals surface area contributed by atoms with Gasteiger partial charge in [0.1, 0.15) is 17.0 Å². The van der Waals surface area contributed by atoms with Gasteiger partial charge >= 0.3 is 5.97 Å². The van der Waals surface area contributed by atoms with Crippen LogP contribution in [0.3, 0.4) is 0 Å². The fraction of sp³-hybridized carbons (Fsp3) is 0.0385. The number of para-hydroxylation sites is 4. The largest absolute Gasteiger partial charge is 0.477 e. The van der Waals surface area contributed by atoms with Crippen molar-refractivity contribution in [2.45, 2.75) is 11.8 Å². The number of thioether (sulfide) groups is 1. The molecule has 0 atom stereocenters. The van der Waals surface area contributed by atoms with E-state index in [4.69, 9.17) is 4.42 Å². The molecule has 5 aromatic rings. The molecule has 0 fully saturated rings. The van der Waals surface area contributed by atoms with Crippen LogP contribution in [0.4, 0.5) is 5.69 Å². The molecule has 34 heavy (non-hydrogen) atoms. The number of anilines is 1. The van der Waals surface area contributed by atoms with E-state index in [9.17, 15) is 14.7 Å². The number of aromatic nitrogens is 2. The molecular formula is C26H19N3O4S. The number of oxazole rings is 1. The normalized spacial score (nSPS) is 11.7. The lowest BCUT2D eigenvalue weighted by Gasteiger charge is -2.07. The Kier molecular flexibility index (Phi) is 5.88. The first-order chi connectivity index (χ1) is 16.6. The maximum absolute atomic E-state index is 12.6. The summed E-state index contributed by atoms with van der Waals surface area (Å²) in [6.45, 7) is 0.0872. The SMILES string of the molecule is O=C(Cn1cc(/C=C(\Sc2nc3ccccc3o2)C(=O)O)c2ccccc21)Nc1ccccc1. The molecule has 0 bridgehead atoms. The van der Waals surface area contributed by atoms with E-state index in [2.05, 4.69) is 10.3 Å². The van der Waals surface area contributed by atoms with Gasteiger partial charge < -0.3 is 19.4 Å². The van der Waals surface area contributed by atoms with Crippen LogP contribution in [0, 0.1) is 0 Å². The molecule has 1 amide bonds. The second-order valence-corrected chi connectivity index (χ2v) is 8.50. The number of fused-ring (bicyclic) bond motifs is 2. The maximum Gasteiger partial charge on any atom is 0.342 e. The van der Waals surface area contributed by atoms with Crippen molar-refractivity contribution < 1.29 is 19.1 Å².